The highest BCUT2D eigenvalue weighted by Gasteiger charge is 2.32. The Morgan fingerprint density at radius 2 is 2.21 bits per heavy atom. The molecule has 154 valence electrons. The Labute approximate surface area is 168 Å². The van der Waals surface area contributed by atoms with Gasteiger partial charge in [0.1, 0.15) is 0 Å². The second-order valence-electron chi connectivity index (χ2n) is 7.92. The van der Waals surface area contributed by atoms with E-state index in [-0.39, 0.29) is 11.5 Å². The molecule has 0 radical (unpaired) electrons. The van der Waals surface area contributed by atoms with Crippen LogP contribution in [0.2, 0.25) is 0 Å². The second-order valence-corrected chi connectivity index (χ2v) is 7.92. The first-order chi connectivity index (χ1) is 13.2. The molecule has 0 spiro atoms. The average Bonchev–Trinajstić information content (AvgIpc) is 2.95. The highest BCUT2D eigenvalue weighted by molar-refractivity contribution is 5.69. The molecule has 2 rings (SSSR count). The number of allylic oxidation sites excluding steroid dienone is 2. The molecule has 1 aliphatic carbocycles. The largest absolute Gasteiger partial charge is 0.414 e. The fourth-order valence-corrected chi connectivity index (χ4v) is 3.00. The van der Waals surface area contributed by atoms with E-state index in [1.807, 2.05) is 11.6 Å². The number of hydrogen-bond acceptors (Lipinski definition) is 4. The molecule has 0 aliphatic heterocycles. The van der Waals surface area contributed by atoms with E-state index in [0.717, 1.165) is 25.1 Å². The molecule has 0 aromatic carbocycles. The number of nitrogens with zero attached hydrogens (tertiary/aromatic N) is 2. The van der Waals surface area contributed by atoms with Gasteiger partial charge >= 0.3 is 6.09 Å². The van der Waals surface area contributed by atoms with Crippen LogP contribution < -0.4 is 10.1 Å². The lowest BCUT2D eigenvalue weighted by molar-refractivity contribution is -0.0107. The first-order valence-electron chi connectivity index (χ1n) is 9.86. The van der Waals surface area contributed by atoms with Crippen LogP contribution in [0, 0.1) is 12.8 Å². The van der Waals surface area contributed by atoms with Crippen molar-refractivity contribution in [1.29, 1.82) is 0 Å². The molecule has 1 aliphatic rings. The molecule has 0 saturated carbocycles. The summed E-state index contributed by atoms with van der Waals surface area (Å²) >= 11 is 0. The molecular weight excluding hydrogens is 354 g/mol. The highest BCUT2D eigenvalue weighted by atomic mass is 16.6. The summed E-state index contributed by atoms with van der Waals surface area (Å²) in [6.07, 6.45) is 7.32. The van der Waals surface area contributed by atoms with Crippen LogP contribution >= 0.6 is 0 Å². The van der Waals surface area contributed by atoms with Crippen LogP contribution in [0.4, 0.5) is 4.79 Å². The summed E-state index contributed by atoms with van der Waals surface area (Å²) in [5.74, 6) is 0.891. The van der Waals surface area contributed by atoms with E-state index in [4.69, 9.17) is 9.47 Å². The van der Waals surface area contributed by atoms with E-state index >= 15 is 0 Å². The van der Waals surface area contributed by atoms with Gasteiger partial charge in [0.05, 0.1) is 12.1 Å². The van der Waals surface area contributed by atoms with Crippen molar-refractivity contribution in [2.75, 3.05) is 13.2 Å². The minimum absolute atomic E-state index is 0.283. The predicted octanol–water partition coefficient (Wildman–Crippen LogP) is 4.56. The van der Waals surface area contributed by atoms with Crippen LogP contribution in [-0.4, -0.2) is 34.6 Å². The molecule has 1 N–H and O–H groups in total. The van der Waals surface area contributed by atoms with Crippen molar-refractivity contribution in [1.82, 2.24) is 15.1 Å². The van der Waals surface area contributed by atoms with E-state index in [0.29, 0.717) is 19.0 Å². The van der Waals surface area contributed by atoms with E-state index in [1.54, 1.807) is 12.1 Å². The number of nitrogens with one attached hydrogen (secondary N) is 1. The summed E-state index contributed by atoms with van der Waals surface area (Å²) in [6.45, 7) is 15.8. The van der Waals surface area contributed by atoms with Gasteiger partial charge in [-0.05, 0) is 45.1 Å². The zero-order valence-corrected chi connectivity index (χ0v) is 17.7. The molecule has 6 nitrogen and oxygen atoms in total. The molecule has 1 amide bonds. The Morgan fingerprint density at radius 3 is 2.89 bits per heavy atom. The van der Waals surface area contributed by atoms with Gasteiger partial charge in [0.15, 0.2) is 0 Å². The molecule has 0 saturated heterocycles. The molecule has 28 heavy (non-hydrogen) atoms. The van der Waals surface area contributed by atoms with E-state index in [9.17, 15) is 4.79 Å². The SMILES string of the molecule is C=CCNC(=O)Oc1cc(C)n(CC2=CC(C)=CCC2(C)OCCC(C)C)n1. The van der Waals surface area contributed by atoms with Crippen LogP contribution in [0.15, 0.2) is 42.0 Å². The van der Waals surface area contributed by atoms with Crippen molar-refractivity contribution in [2.45, 2.75) is 59.6 Å². The van der Waals surface area contributed by atoms with Gasteiger partial charge in [-0.1, -0.05) is 37.6 Å². The smallest absolute Gasteiger partial charge is 0.390 e. The number of hydrogen-bond donors (Lipinski definition) is 1. The van der Waals surface area contributed by atoms with Crippen LogP contribution in [0.5, 0.6) is 5.88 Å². The summed E-state index contributed by atoms with van der Waals surface area (Å²) in [6, 6.07) is 1.76. The number of aryl methyl sites for hydroxylation is 1. The van der Waals surface area contributed by atoms with Crippen molar-refractivity contribution in [3.8, 4) is 5.88 Å². The molecule has 0 fully saturated rings. The number of carbonyl (C=O) groups is 1. The first-order valence-corrected chi connectivity index (χ1v) is 9.86. The first kappa shape index (κ1) is 22.0. The van der Waals surface area contributed by atoms with Crippen LogP contribution in [-0.2, 0) is 11.3 Å². The Hall–Kier alpha value is -2.34. The summed E-state index contributed by atoms with van der Waals surface area (Å²) in [4.78, 5) is 11.7. The van der Waals surface area contributed by atoms with Crippen molar-refractivity contribution in [2.24, 2.45) is 5.92 Å². The van der Waals surface area contributed by atoms with Gasteiger partial charge in [-0.3, -0.25) is 4.68 Å². The summed E-state index contributed by atoms with van der Waals surface area (Å²) in [5.41, 5.74) is 2.97. The summed E-state index contributed by atoms with van der Waals surface area (Å²) in [5, 5.41) is 7.02. The molecule has 1 unspecified atom stereocenters. The lowest BCUT2D eigenvalue weighted by Crippen LogP contribution is -2.35. The minimum Gasteiger partial charge on any atom is -0.390 e. The molecule has 6 heteroatoms. The zero-order chi connectivity index (χ0) is 20.7. The van der Waals surface area contributed by atoms with Crippen LogP contribution in [0.3, 0.4) is 0 Å². The zero-order valence-electron chi connectivity index (χ0n) is 17.7. The van der Waals surface area contributed by atoms with E-state index in [1.165, 1.54) is 11.1 Å². The summed E-state index contributed by atoms with van der Waals surface area (Å²) < 4.78 is 13.4. The third-order valence-electron chi connectivity index (χ3n) is 4.88. The van der Waals surface area contributed by atoms with Gasteiger partial charge in [-0.2, -0.15) is 0 Å². The summed E-state index contributed by atoms with van der Waals surface area (Å²) in [7, 11) is 0. The van der Waals surface area contributed by atoms with Crippen molar-refractivity contribution in [3.63, 3.8) is 0 Å². The van der Waals surface area contributed by atoms with Crippen LogP contribution in [0.25, 0.3) is 0 Å². The lowest BCUT2D eigenvalue weighted by Gasteiger charge is -2.35. The maximum Gasteiger partial charge on any atom is 0.414 e. The standard InChI is InChI=1S/C22H33N3O3/c1-7-11-23-21(26)28-20-14-18(5)25(24-20)15-19-13-17(4)8-10-22(19,6)27-12-9-16(2)3/h7-8,13-14,16H,1,9-12,15H2,2-6H3,(H,23,26). The maximum absolute atomic E-state index is 11.7. The van der Waals surface area contributed by atoms with Gasteiger partial charge in [0.25, 0.3) is 0 Å². The number of carbonyl (C=O) groups excluding carboxylic acids is 1. The Bertz CT molecular complexity index is 761. The van der Waals surface area contributed by atoms with Crippen molar-refractivity contribution in [3.05, 3.63) is 47.7 Å². The fourth-order valence-electron chi connectivity index (χ4n) is 3.00. The third-order valence-corrected chi connectivity index (χ3v) is 4.88. The van der Waals surface area contributed by atoms with Gasteiger partial charge in [0, 0.05) is 24.9 Å². The normalized spacial score (nSPS) is 19.2. The van der Waals surface area contributed by atoms with Gasteiger partial charge in [0.2, 0.25) is 5.88 Å². The lowest BCUT2D eigenvalue weighted by atomic mass is 9.85. The molecular formula is C22H33N3O3. The Kier molecular flexibility index (Phi) is 7.63. The topological polar surface area (TPSA) is 65.4 Å². The molecule has 1 aromatic rings. The molecule has 0 bridgehead atoms. The number of rotatable bonds is 9. The average molecular weight is 388 g/mol. The molecule has 1 aromatic heterocycles. The molecule has 1 heterocycles. The Balaban J connectivity index is 2.11. The Morgan fingerprint density at radius 1 is 1.46 bits per heavy atom. The predicted molar refractivity (Wildman–Crippen MR) is 111 cm³/mol. The van der Waals surface area contributed by atoms with E-state index in [2.05, 4.69) is 56.8 Å². The second kappa shape index (κ2) is 9.73. The number of amides is 1. The van der Waals surface area contributed by atoms with E-state index < -0.39 is 6.09 Å². The maximum atomic E-state index is 11.7. The molecule has 1 atom stereocenters. The minimum atomic E-state index is -0.540. The van der Waals surface area contributed by atoms with Crippen molar-refractivity contribution < 1.29 is 14.3 Å². The fraction of sp³-hybridized carbons (Fsp3) is 0.545. The monoisotopic (exact) mass is 387 g/mol. The number of ether oxygens (including phenoxy) is 2. The van der Waals surface area contributed by atoms with Gasteiger partial charge < -0.3 is 14.8 Å². The van der Waals surface area contributed by atoms with Gasteiger partial charge in [-0.25, -0.2) is 4.79 Å². The number of aromatic nitrogens is 2. The van der Waals surface area contributed by atoms with Gasteiger partial charge in [-0.15, -0.1) is 11.7 Å². The quantitative estimate of drug-likeness (QED) is 0.631. The highest BCUT2D eigenvalue weighted by Crippen LogP contribution is 2.33. The third kappa shape index (κ3) is 6.09. The van der Waals surface area contributed by atoms with Crippen LogP contribution in [0.1, 0.15) is 46.2 Å². The van der Waals surface area contributed by atoms with Crippen molar-refractivity contribution >= 4 is 6.09 Å².